The summed E-state index contributed by atoms with van der Waals surface area (Å²) < 4.78 is 56.6. The van der Waals surface area contributed by atoms with Crippen molar-refractivity contribution < 1.29 is 22.4 Å². The summed E-state index contributed by atoms with van der Waals surface area (Å²) in [6, 6.07) is 8.41. The minimum atomic E-state index is -4.49. The van der Waals surface area contributed by atoms with Crippen molar-refractivity contribution in [3.05, 3.63) is 77.3 Å². The van der Waals surface area contributed by atoms with Crippen LogP contribution in [0, 0.1) is 12.7 Å². The van der Waals surface area contributed by atoms with E-state index >= 15 is 0 Å². The van der Waals surface area contributed by atoms with Crippen LogP contribution in [0.5, 0.6) is 0 Å². The molecule has 1 unspecified atom stereocenters. The number of hydrogen-bond acceptors (Lipinski definition) is 4. The van der Waals surface area contributed by atoms with Gasteiger partial charge in [0.05, 0.1) is 23.0 Å². The Morgan fingerprint density at radius 3 is 2.68 bits per heavy atom. The van der Waals surface area contributed by atoms with Crippen molar-refractivity contribution in [3.8, 4) is 5.69 Å². The molecule has 0 N–H and O–H groups in total. The Labute approximate surface area is 191 Å². The molecule has 4 heterocycles. The van der Waals surface area contributed by atoms with E-state index in [1.54, 1.807) is 30.0 Å². The molecule has 176 valence electrons. The van der Waals surface area contributed by atoms with E-state index in [4.69, 9.17) is 0 Å². The van der Waals surface area contributed by atoms with Crippen molar-refractivity contribution in [3.63, 3.8) is 0 Å². The number of benzene rings is 1. The van der Waals surface area contributed by atoms with Crippen molar-refractivity contribution in [1.29, 1.82) is 0 Å². The van der Waals surface area contributed by atoms with Crippen LogP contribution in [0.25, 0.3) is 11.3 Å². The molecule has 1 aromatic carbocycles. The molecule has 1 aliphatic rings. The Morgan fingerprint density at radius 1 is 1.12 bits per heavy atom. The van der Waals surface area contributed by atoms with Gasteiger partial charge >= 0.3 is 6.18 Å². The van der Waals surface area contributed by atoms with Crippen LogP contribution >= 0.6 is 0 Å². The van der Waals surface area contributed by atoms with E-state index in [-0.39, 0.29) is 24.1 Å². The first-order valence-electron chi connectivity index (χ1n) is 10.7. The zero-order valence-corrected chi connectivity index (χ0v) is 18.1. The first-order chi connectivity index (χ1) is 16.2. The number of likely N-dealkylation sites (tertiary alicyclic amines) is 1. The average Bonchev–Trinajstić information content (AvgIpc) is 3.41. The number of nitrogens with zero attached hydrogens (tertiary/aromatic N) is 6. The van der Waals surface area contributed by atoms with Gasteiger partial charge in [0.25, 0.3) is 5.91 Å². The molecular weight excluding hydrogens is 452 g/mol. The highest BCUT2D eigenvalue weighted by molar-refractivity contribution is 5.95. The van der Waals surface area contributed by atoms with Gasteiger partial charge in [0.1, 0.15) is 17.3 Å². The van der Waals surface area contributed by atoms with Gasteiger partial charge in [-0.3, -0.25) is 9.20 Å². The summed E-state index contributed by atoms with van der Waals surface area (Å²) in [5.74, 6) is -0.618. The van der Waals surface area contributed by atoms with Gasteiger partial charge in [0.2, 0.25) is 0 Å². The molecule has 0 saturated carbocycles. The topological polar surface area (TPSA) is 68.3 Å². The van der Waals surface area contributed by atoms with Crippen LogP contribution in [0.1, 0.15) is 46.2 Å². The van der Waals surface area contributed by atoms with Crippen molar-refractivity contribution in [2.24, 2.45) is 0 Å². The summed E-state index contributed by atoms with van der Waals surface area (Å²) in [6.45, 7) is 2.46. The van der Waals surface area contributed by atoms with Gasteiger partial charge in [-0.2, -0.15) is 18.3 Å². The second kappa shape index (κ2) is 8.23. The zero-order chi connectivity index (χ0) is 24.0. The Hall–Kier alpha value is -3.76. The molecule has 1 amide bonds. The second-order valence-corrected chi connectivity index (χ2v) is 8.30. The smallest absolute Gasteiger partial charge is 0.338 e. The lowest BCUT2D eigenvalue weighted by atomic mass is 9.96. The van der Waals surface area contributed by atoms with Gasteiger partial charge in [0.15, 0.2) is 5.65 Å². The summed E-state index contributed by atoms with van der Waals surface area (Å²) in [5, 5.41) is 12.3. The molecule has 1 saturated heterocycles. The maximum absolute atomic E-state index is 14.2. The maximum Gasteiger partial charge on any atom is 0.417 e. The quantitative estimate of drug-likeness (QED) is 0.415. The molecule has 1 atom stereocenters. The van der Waals surface area contributed by atoms with E-state index in [9.17, 15) is 22.4 Å². The Morgan fingerprint density at radius 2 is 1.91 bits per heavy atom. The summed E-state index contributed by atoms with van der Waals surface area (Å²) in [6.07, 6.45) is -0.761. The van der Waals surface area contributed by atoms with Gasteiger partial charge in [-0.1, -0.05) is 12.1 Å². The first kappa shape index (κ1) is 22.1. The average molecular weight is 472 g/mol. The van der Waals surface area contributed by atoms with E-state index < -0.39 is 17.6 Å². The third-order valence-electron chi connectivity index (χ3n) is 6.15. The van der Waals surface area contributed by atoms with Gasteiger partial charge in [-0.05, 0) is 44.0 Å². The van der Waals surface area contributed by atoms with Gasteiger partial charge in [-0.15, -0.1) is 10.2 Å². The number of rotatable bonds is 3. The van der Waals surface area contributed by atoms with Crippen LogP contribution in [-0.2, 0) is 6.18 Å². The normalized spacial score (nSPS) is 16.9. The van der Waals surface area contributed by atoms with E-state index in [0.717, 1.165) is 12.3 Å². The number of fused-ring (bicyclic) bond motifs is 1. The van der Waals surface area contributed by atoms with Gasteiger partial charge < -0.3 is 4.90 Å². The molecule has 1 aliphatic heterocycles. The Balaban J connectivity index is 1.42. The Kier molecular flexibility index (Phi) is 5.34. The number of pyridine rings is 1. The highest BCUT2D eigenvalue weighted by Gasteiger charge is 2.33. The highest BCUT2D eigenvalue weighted by Crippen LogP contribution is 2.32. The molecule has 4 aromatic rings. The second-order valence-electron chi connectivity index (χ2n) is 8.30. The monoisotopic (exact) mass is 472 g/mol. The number of hydrogen-bond donors (Lipinski definition) is 0. The molecule has 34 heavy (non-hydrogen) atoms. The van der Waals surface area contributed by atoms with Crippen LogP contribution in [0.3, 0.4) is 0 Å². The van der Waals surface area contributed by atoms with Crippen LogP contribution < -0.4 is 0 Å². The number of piperidine rings is 1. The fourth-order valence-corrected chi connectivity index (χ4v) is 4.38. The summed E-state index contributed by atoms with van der Waals surface area (Å²) in [7, 11) is 0. The molecule has 0 bridgehead atoms. The SMILES string of the molecule is Cc1c(C(=O)N2CCCC(c3nnc4ccc(C(F)(F)F)cn34)C2)cnn1-c1ccccc1F. The van der Waals surface area contributed by atoms with E-state index in [1.165, 1.54) is 27.4 Å². The zero-order valence-electron chi connectivity index (χ0n) is 18.1. The van der Waals surface area contributed by atoms with Crippen LogP contribution in [0.2, 0.25) is 0 Å². The molecule has 5 rings (SSSR count). The predicted octanol–water partition coefficient (Wildman–Crippen LogP) is 4.40. The van der Waals surface area contributed by atoms with Crippen molar-refractivity contribution in [1.82, 2.24) is 29.3 Å². The third-order valence-corrected chi connectivity index (χ3v) is 6.15. The van der Waals surface area contributed by atoms with E-state index in [1.807, 2.05) is 0 Å². The fraction of sp³-hybridized carbons (Fsp3) is 0.304. The standard InChI is InChI=1S/C23H20F4N6O/c1-14-17(11-28-33(14)19-7-3-2-6-18(19)24)22(34)31-10-4-5-15(12-31)21-30-29-20-9-8-16(13-32(20)21)23(25,26)27/h2-3,6-9,11,13,15H,4-5,10,12H2,1H3. The van der Waals surface area contributed by atoms with Crippen LogP contribution in [-0.4, -0.2) is 48.3 Å². The van der Waals surface area contributed by atoms with E-state index in [2.05, 4.69) is 15.3 Å². The third kappa shape index (κ3) is 3.80. The Bertz CT molecular complexity index is 1380. The summed E-state index contributed by atoms with van der Waals surface area (Å²) in [5.41, 5.74) is 0.606. The predicted molar refractivity (Wildman–Crippen MR) is 114 cm³/mol. The molecule has 0 radical (unpaired) electrons. The minimum Gasteiger partial charge on any atom is -0.338 e. The van der Waals surface area contributed by atoms with Crippen molar-refractivity contribution in [2.45, 2.75) is 31.9 Å². The molecule has 3 aromatic heterocycles. The van der Waals surface area contributed by atoms with Crippen molar-refractivity contribution >= 4 is 11.6 Å². The van der Waals surface area contributed by atoms with Gasteiger partial charge in [-0.25, -0.2) is 9.07 Å². The number of carbonyl (C=O) groups is 1. The number of alkyl halides is 3. The molecular formula is C23H20F4N6O. The lowest BCUT2D eigenvalue weighted by molar-refractivity contribution is -0.137. The van der Waals surface area contributed by atoms with Gasteiger partial charge in [0, 0.05) is 25.2 Å². The van der Waals surface area contributed by atoms with Crippen molar-refractivity contribution in [2.75, 3.05) is 13.1 Å². The number of carbonyl (C=O) groups excluding carboxylic acids is 1. The fourth-order valence-electron chi connectivity index (χ4n) is 4.38. The lowest BCUT2D eigenvalue weighted by Crippen LogP contribution is -2.39. The number of para-hydroxylation sites is 1. The minimum absolute atomic E-state index is 0.242. The molecule has 0 aliphatic carbocycles. The molecule has 1 fully saturated rings. The summed E-state index contributed by atoms with van der Waals surface area (Å²) in [4.78, 5) is 14.9. The number of aromatic nitrogens is 5. The molecule has 0 spiro atoms. The summed E-state index contributed by atoms with van der Waals surface area (Å²) >= 11 is 0. The highest BCUT2D eigenvalue weighted by atomic mass is 19.4. The van der Waals surface area contributed by atoms with Crippen LogP contribution in [0.15, 0.2) is 48.8 Å². The largest absolute Gasteiger partial charge is 0.417 e. The molecule has 7 nitrogen and oxygen atoms in total. The number of halogens is 4. The maximum atomic E-state index is 14.2. The number of amides is 1. The lowest BCUT2D eigenvalue weighted by Gasteiger charge is -2.32. The van der Waals surface area contributed by atoms with Crippen LogP contribution in [0.4, 0.5) is 17.6 Å². The molecule has 11 heteroatoms. The first-order valence-corrected chi connectivity index (χ1v) is 10.7. The van der Waals surface area contributed by atoms with E-state index in [0.29, 0.717) is 42.1 Å².